The van der Waals surface area contributed by atoms with Crippen molar-refractivity contribution >= 4 is 28.0 Å². The summed E-state index contributed by atoms with van der Waals surface area (Å²) in [4.78, 5) is 14.7. The number of hydrogen-bond donors (Lipinski definition) is 1. The van der Waals surface area contributed by atoms with E-state index in [-0.39, 0.29) is 5.97 Å². The van der Waals surface area contributed by atoms with Crippen molar-refractivity contribution in [1.29, 1.82) is 0 Å². The Morgan fingerprint density at radius 1 is 1.45 bits per heavy atom. The zero-order valence-corrected chi connectivity index (χ0v) is 13.4. The monoisotopic (exact) mass is 296 g/mol. The summed E-state index contributed by atoms with van der Waals surface area (Å²) >= 11 is 1.45. The Morgan fingerprint density at radius 3 is 2.90 bits per heavy atom. The average Bonchev–Trinajstić information content (AvgIpc) is 2.66. The first-order chi connectivity index (χ1) is 9.43. The number of nitrogens with zero attached hydrogens (tertiary/aromatic N) is 1. The topological polar surface area (TPSA) is 55.6 Å². The fraction of sp³-hybridized carbons (Fsp3) is 0.667. The van der Waals surface area contributed by atoms with Crippen molar-refractivity contribution in [2.45, 2.75) is 40.0 Å². The van der Waals surface area contributed by atoms with E-state index >= 15 is 0 Å². The maximum absolute atomic E-state index is 11.8. The molecule has 1 aromatic heterocycles. The molecule has 4 nitrogen and oxygen atoms in total. The molecule has 1 aliphatic heterocycles. The lowest BCUT2D eigenvalue weighted by molar-refractivity contribution is 0.0533. The number of carbonyl (C=O) groups excluding carboxylic acids is 1. The first-order valence-electron chi connectivity index (χ1n) is 7.24. The first-order valence-corrected chi connectivity index (χ1v) is 8.06. The van der Waals surface area contributed by atoms with Crippen LogP contribution in [0.2, 0.25) is 0 Å². The molecule has 0 aromatic carbocycles. The van der Waals surface area contributed by atoms with E-state index in [1.165, 1.54) is 30.6 Å². The van der Waals surface area contributed by atoms with Crippen molar-refractivity contribution < 1.29 is 9.53 Å². The number of rotatable bonds is 3. The molecule has 1 fully saturated rings. The van der Waals surface area contributed by atoms with Gasteiger partial charge in [0, 0.05) is 13.1 Å². The maximum atomic E-state index is 11.8. The van der Waals surface area contributed by atoms with Crippen LogP contribution in [0, 0.1) is 5.41 Å². The molecule has 1 saturated heterocycles. The molecule has 5 heteroatoms. The van der Waals surface area contributed by atoms with E-state index in [4.69, 9.17) is 10.5 Å². The van der Waals surface area contributed by atoms with Gasteiger partial charge in [0.25, 0.3) is 0 Å². The molecule has 20 heavy (non-hydrogen) atoms. The van der Waals surface area contributed by atoms with E-state index < -0.39 is 0 Å². The van der Waals surface area contributed by atoms with Gasteiger partial charge >= 0.3 is 5.97 Å². The van der Waals surface area contributed by atoms with Crippen molar-refractivity contribution in [3.05, 3.63) is 10.9 Å². The molecule has 2 N–H and O–H groups in total. The number of nitrogen functional groups attached to an aromatic ring is 1. The zero-order valence-electron chi connectivity index (χ0n) is 12.6. The van der Waals surface area contributed by atoms with Gasteiger partial charge in [-0.15, -0.1) is 11.3 Å². The van der Waals surface area contributed by atoms with Crippen LogP contribution in [0.1, 0.15) is 49.7 Å². The summed E-state index contributed by atoms with van der Waals surface area (Å²) in [6, 6.07) is 1.91. The summed E-state index contributed by atoms with van der Waals surface area (Å²) in [5.41, 5.74) is 6.89. The number of ether oxygens (including phenoxy) is 1. The molecule has 0 amide bonds. The third-order valence-electron chi connectivity index (χ3n) is 3.86. The molecule has 1 aliphatic rings. The van der Waals surface area contributed by atoms with Crippen molar-refractivity contribution in [2.75, 3.05) is 30.3 Å². The highest BCUT2D eigenvalue weighted by atomic mass is 32.1. The van der Waals surface area contributed by atoms with Crippen LogP contribution in [0.15, 0.2) is 6.07 Å². The Balaban J connectivity index is 2.13. The zero-order chi connectivity index (χ0) is 14.8. The number of nitrogens with two attached hydrogens (primary N) is 1. The van der Waals surface area contributed by atoms with E-state index in [0.29, 0.717) is 22.6 Å². The van der Waals surface area contributed by atoms with Gasteiger partial charge in [-0.2, -0.15) is 0 Å². The van der Waals surface area contributed by atoms with Gasteiger partial charge in [0.15, 0.2) is 0 Å². The third-order valence-corrected chi connectivity index (χ3v) is 5.05. The summed E-state index contributed by atoms with van der Waals surface area (Å²) in [6.45, 7) is 8.89. The summed E-state index contributed by atoms with van der Waals surface area (Å²) in [7, 11) is 0. The minimum Gasteiger partial charge on any atom is -0.462 e. The lowest BCUT2D eigenvalue weighted by atomic mass is 9.85. The Morgan fingerprint density at radius 2 is 2.20 bits per heavy atom. The SMILES string of the molecule is CCOC(=O)c1sc(N2CCCC(C)(C)CC2)cc1N. The smallest absolute Gasteiger partial charge is 0.350 e. The van der Waals surface area contributed by atoms with Crippen LogP contribution in [0.25, 0.3) is 0 Å². The Hall–Kier alpha value is -1.23. The summed E-state index contributed by atoms with van der Waals surface area (Å²) in [6.07, 6.45) is 3.59. The van der Waals surface area contributed by atoms with Gasteiger partial charge in [-0.1, -0.05) is 13.8 Å². The van der Waals surface area contributed by atoms with Gasteiger partial charge < -0.3 is 15.4 Å². The highest BCUT2D eigenvalue weighted by Crippen LogP contribution is 2.37. The quantitative estimate of drug-likeness (QED) is 0.867. The van der Waals surface area contributed by atoms with Gasteiger partial charge in [0.05, 0.1) is 17.3 Å². The second-order valence-electron chi connectivity index (χ2n) is 6.09. The molecule has 0 saturated carbocycles. The van der Waals surface area contributed by atoms with Crippen LogP contribution in [0.5, 0.6) is 0 Å². The first kappa shape index (κ1) is 15.2. The van der Waals surface area contributed by atoms with Crippen LogP contribution in [-0.2, 0) is 4.74 Å². The van der Waals surface area contributed by atoms with Crippen LogP contribution in [-0.4, -0.2) is 25.7 Å². The Bertz CT molecular complexity index is 482. The minimum absolute atomic E-state index is 0.309. The van der Waals surface area contributed by atoms with E-state index in [2.05, 4.69) is 18.7 Å². The molecule has 2 heterocycles. The highest BCUT2D eigenvalue weighted by Gasteiger charge is 2.25. The number of thiophene rings is 1. The van der Waals surface area contributed by atoms with E-state index in [1.54, 1.807) is 6.92 Å². The summed E-state index contributed by atoms with van der Waals surface area (Å²) in [5.74, 6) is -0.309. The molecule has 0 unspecified atom stereocenters. The molecule has 1 aromatic rings. The molecule has 2 rings (SSSR count). The molecule has 0 bridgehead atoms. The second kappa shape index (κ2) is 6.04. The molecule has 0 aliphatic carbocycles. The van der Waals surface area contributed by atoms with Crippen LogP contribution >= 0.6 is 11.3 Å². The normalized spacial score (nSPS) is 18.6. The third kappa shape index (κ3) is 3.45. The summed E-state index contributed by atoms with van der Waals surface area (Å²) in [5, 5.41) is 1.09. The number of anilines is 2. The number of hydrogen-bond acceptors (Lipinski definition) is 5. The van der Waals surface area contributed by atoms with Crippen LogP contribution in [0.3, 0.4) is 0 Å². The fourth-order valence-electron chi connectivity index (χ4n) is 2.55. The van der Waals surface area contributed by atoms with E-state index in [0.717, 1.165) is 18.1 Å². The highest BCUT2D eigenvalue weighted by molar-refractivity contribution is 7.18. The largest absolute Gasteiger partial charge is 0.462 e. The molecule has 0 spiro atoms. The molecular weight excluding hydrogens is 272 g/mol. The van der Waals surface area contributed by atoms with Gasteiger partial charge in [-0.3, -0.25) is 0 Å². The number of esters is 1. The lowest BCUT2D eigenvalue weighted by Gasteiger charge is -2.23. The lowest BCUT2D eigenvalue weighted by Crippen LogP contribution is -2.24. The van der Waals surface area contributed by atoms with Crippen molar-refractivity contribution in [3.8, 4) is 0 Å². The van der Waals surface area contributed by atoms with E-state index in [1.807, 2.05) is 6.07 Å². The number of carbonyl (C=O) groups is 1. The molecular formula is C15H24N2O2S. The molecule has 0 radical (unpaired) electrons. The van der Waals surface area contributed by atoms with Gasteiger partial charge in [0.1, 0.15) is 4.88 Å². The van der Waals surface area contributed by atoms with Crippen LogP contribution < -0.4 is 10.6 Å². The Kier molecular flexibility index (Phi) is 4.58. The van der Waals surface area contributed by atoms with Crippen LogP contribution in [0.4, 0.5) is 10.7 Å². The van der Waals surface area contributed by atoms with Gasteiger partial charge in [-0.25, -0.2) is 4.79 Å². The Labute approximate surface area is 124 Å². The minimum atomic E-state index is -0.309. The van der Waals surface area contributed by atoms with Crippen molar-refractivity contribution in [1.82, 2.24) is 0 Å². The molecule has 112 valence electrons. The predicted molar refractivity (Wildman–Crippen MR) is 84.5 cm³/mol. The average molecular weight is 296 g/mol. The predicted octanol–water partition coefficient (Wildman–Crippen LogP) is 3.52. The fourth-order valence-corrected chi connectivity index (χ4v) is 3.57. The van der Waals surface area contributed by atoms with Gasteiger partial charge in [0.2, 0.25) is 0 Å². The second-order valence-corrected chi connectivity index (χ2v) is 7.13. The van der Waals surface area contributed by atoms with Gasteiger partial charge in [-0.05, 0) is 37.7 Å². The molecule has 0 atom stereocenters. The standard InChI is InChI=1S/C15H24N2O2S/c1-4-19-14(18)13-11(16)10-12(20-13)17-8-5-6-15(2,3)7-9-17/h10H,4-9,16H2,1-3H3. The van der Waals surface area contributed by atoms with E-state index in [9.17, 15) is 4.79 Å². The summed E-state index contributed by atoms with van der Waals surface area (Å²) < 4.78 is 5.04. The van der Waals surface area contributed by atoms with Crippen molar-refractivity contribution in [2.24, 2.45) is 5.41 Å². The van der Waals surface area contributed by atoms with Crippen molar-refractivity contribution in [3.63, 3.8) is 0 Å². The maximum Gasteiger partial charge on any atom is 0.350 e.